The Bertz CT molecular complexity index is 678. The van der Waals surface area contributed by atoms with E-state index in [0.29, 0.717) is 11.3 Å². The molecule has 0 bridgehead atoms. The van der Waals surface area contributed by atoms with Gasteiger partial charge in [-0.1, -0.05) is 18.2 Å². The molecule has 22 heavy (non-hydrogen) atoms. The van der Waals surface area contributed by atoms with Gasteiger partial charge >= 0.3 is 0 Å². The zero-order valence-corrected chi connectivity index (χ0v) is 12.5. The number of para-hydroxylation sites is 1. The third-order valence-electron chi connectivity index (χ3n) is 3.98. The quantitative estimate of drug-likeness (QED) is 0.851. The monoisotopic (exact) mass is 297 g/mol. The van der Waals surface area contributed by atoms with Crippen molar-refractivity contribution in [3.05, 3.63) is 53.9 Å². The summed E-state index contributed by atoms with van der Waals surface area (Å²) in [4.78, 5) is 28.6. The van der Waals surface area contributed by atoms with Crippen LogP contribution in [0.25, 0.3) is 0 Å². The van der Waals surface area contributed by atoms with Crippen molar-refractivity contribution in [2.75, 3.05) is 18.0 Å². The van der Waals surface area contributed by atoms with Gasteiger partial charge in [-0.3, -0.25) is 9.59 Å². The van der Waals surface area contributed by atoms with Crippen molar-refractivity contribution in [3.8, 4) is 0 Å². The molecule has 2 N–H and O–H groups in total. The first-order valence-corrected chi connectivity index (χ1v) is 7.43. The molecule has 5 nitrogen and oxygen atoms in total. The zero-order chi connectivity index (χ0) is 15.5. The normalized spacial score (nSPS) is 17.5. The van der Waals surface area contributed by atoms with Crippen LogP contribution in [0.5, 0.6) is 0 Å². The first-order chi connectivity index (χ1) is 10.6. The van der Waals surface area contributed by atoms with Gasteiger partial charge in [0.15, 0.2) is 5.78 Å². The van der Waals surface area contributed by atoms with Crippen LogP contribution in [0, 0.1) is 0 Å². The summed E-state index contributed by atoms with van der Waals surface area (Å²) >= 11 is 0. The van der Waals surface area contributed by atoms with Crippen LogP contribution in [0.3, 0.4) is 0 Å². The van der Waals surface area contributed by atoms with Crippen LogP contribution in [-0.2, 0) is 0 Å². The number of aromatic nitrogens is 1. The number of H-pyrrole nitrogens is 1. The second kappa shape index (κ2) is 6.05. The minimum atomic E-state index is -0.160. The molecule has 114 valence electrons. The van der Waals surface area contributed by atoms with Gasteiger partial charge in [0, 0.05) is 36.6 Å². The van der Waals surface area contributed by atoms with Crippen LogP contribution < -0.4 is 10.2 Å². The summed E-state index contributed by atoms with van der Waals surface area (Å²) in [6.07, 6.45) is 2.49. The van der Waals surface area contributed by atoms with Crippen LogP contribution in [0.1, 0.15) is 34.2 Å². The van der Waals surface area contributed by atoms with E-state index in [1.165, 1.54) is 12.6 Å². The first kappa shape index (κ1) is 14.4. The number of Topliss-reactive ketones (excluding diaryl/α,β-unsaturated/α-hetero) is 1. The highest BCUT2D eigenvalue weighted by molar-refractivity contribution is 5.99. The van der Waals surface area contributed by atoms with Crippen molar-refractivity contribution in [1.82, 2.24) is 10.3 Å². The van der Waals surface area contributed by atoms with Crippen molar-refractivity contribution in [3.63, 3.8) is 0 Å². The van der Waals surface area contributed by atoms with Crippen LogP contribution in [0.15, 0.2) is 42.6 Å². The number of carbonyl (C=O) groups excluding carboxylic acids is 2. The summed E-state index contributed by atoms with van der Waals surface area (Å²) in [5.74, 6) is -0.209. The Hall–Kier alpha value is -2.56. The first-order valence-electron chi connectivity index (χ1n) is 7.43. The summed E-state index contributed by atoms with van der Waals surface area (Å²) in [6, 6.07) is 11.9. The molecule has 0 unspecified atom stereocenters. The third kappa shape index (κ3) is 3.03. The Morgan fingerprint density at radius 2 is 2.05 bits per heavy atom. The van der Waals surface area contributed by atoms with Gasteiger partial charge in [-0.25, -0.2) is 0 Å². The average Bonchev–Trinajstić information content (AvgIpc) is 3.17. The van der Waals surface area contributed by atoms with Crippen molar-refractivity contribution in [1.29, 1.82) is 0 Å². The third-order valence-corrected chi connectivity index (χ3v) is 3.98. The van der Waals surface area contributed by atoms with Crippen LogP contribution in [0.2, 0.25) is 0 Å². The van der Waals surface area contributed by atoms with Gasteiger partial charge in [0.05, 0.1) is 0 Å². The molecule has 1 saturated heterocycles. The molecule has 1 aliphatic heterocycles. The van der Waals surface area contributed by atoms with Crippen LogP contribution in [-0.4, -0.2) is 35.8 Å². The smallest absolute Gasteiger partial charge is 0.267 e. The number of anilines is 1. The van der Waals surface area contributed by atoms with E-state index in [1.807, 2.05) is 18.2 Å². The van der Waals surface area contributed by atoms with Gasteiger partial charge in [0.25, 0.3) is 5.91 Å². The largest absolute Gasteiger partial charge is 0.369 e. The van der Waals surface area contributed by atoms with Crippen molar-refractivity contribution < 1.29 is 9.59 Å². The summed E-state index contributed by atoms with van der Waals surface area (Å²) in [5, 5.41) is 3.02. The standard InChI is InChI=1S/C17H19N3O2/c1-12(21)13-9-16(18-10-13)17(22)19-14-7-8-20(11-14)15-5-3-2-4-6-15/h2-6,9-10,14,18H,7-8,11H2,1H3,(H,19,22)/t14-/m0/s1. The van der Waals surface area contributed by atoms with Crippen molar-refractivity contribution >= 4 is 17.4 Å². The molecule has 2 heterocycles. The van der Waals surface area contributed by atoms with E-state index >= 15 is 0 Å². The molecule has 1 aromatic heterocycles. The lowest BCUT2D eigenvalue weighted by atomic mass is 10.2. The SMILES string of the molecule is CC(=O)c1c[nH]c(C(=O)N[C@H]2CCN(c3ccccc3)C2)c1. The second-order valence-electron chi connectivity index (χ2n) is 5.60. The molecule has 3 rings (SSSR count). The predicted molar refractivity (Wildman–Crippen MR) is 85.3 cm³/mol. The highest BCUT2D eigenvalue weighted by atomic mass is 16.2. The molecule has 0 spiro atoms. The number of benzene rings is 1. The molecule has 1 atom stereocenters. The maximum absolute atomic E-state index is 12.2. The Labute approximate surface area is 129 Å². The number of nitrogens with one attached hydrogen (secondary N) is 2. The van der Waals surface area contributed by atoms with Gasteiger partial charge in [-0.05, 0) is 31.5 Å². The van der Waals surface area contributed by atoms with Crippen LogP contribution in [0.4, 0.5) is 5.69 Å². The molecule has 1 amide bonds. The maximum atomic E-state index is 12.2. The van der Waals surface area contributed by atoms with Gasteiger partial charge in [0.1, 0.15) is 5.69 Å². The number of nitrogens with zero attached hydrogens (tertiary/aromatic N) is 1. The predicted octanol–water partition coefficient (Wildman–Crippen LogP) is 2.23. The van der Waals surface area contributed by atoms with Crippen LogP contribution >= 0.6 is 0 Å². The number of carbonyl (C=O) groups is 2. The van der Waals surface area contributed by atoms with Crippen molar-refractivity contribution in [2.24, 2.45) is 0 Å². The van der Waals surface area contributed by atoms with Gasteiger partial charge in [-0.2, -0.15) is 0 Å². The molecule has 0 saturated carbocycles. The number of amides is 1. The van der Waals surface area contributed by atoms with E-state index in [4.69, 9.17) is 0 Å². The number of aromatic amines is 1. The average molecular weight is 297 g/mol. The van der Waals surface area contributed by atoms with Crippen molar-refractivity contribution in [2.45, 2.75) is 19.4 Å². The van der Waals surface area contributed by atoms with E-state index in [2.05, 4.69) is 27.3 Å². The molecule has 5 heteroatoms. The fourth-order valence-corrected chi connectivity index (χ4v) is 2.74. The van der Waals surface area contributed by atoms with Gasteiger partial charge < -0.3 is 15.2 Å². The molecule has 1 aliphatic rings. The number of hydrogen-bond donors (Lipinski definition) is 2. The second-order valence-corrected chi connectivity index (χ2v) is 5.60. The van der Waals surface area contributed by atoms with Gasteiger partial charge in [-0.15, -0.1) is 0 Å². The zero-order valence-electron chi connectivity index (χ0n) is 12.5. The lowest BCUT2D eigenvalue weighted by molar-refractivity contribution is 0.0935. The van der Waals surface area contributed by atoms with E-state index in [9.17, 15) is 9.59 Å². The molecule has 0 radical (unpaired) electrons. The van der Waals surface area contributed by atoms with E-state index in [0.717, 1.165) is 19.5 Å². The topological polar surface area (TPSA) is 65.2 Å². The highest BCUT2D eigenvalue weighted by Gasteiger charge is 2.24. The molecule has 1 fully saturated rings. The number of hydrogen-bond acceptors (Lipinski definition) is 3. The number of ketones is 1. The maximum Gasteiger partial charge on any atom is 0.267 e. The molecular weight excluding hydrogens is 278 g/mol. The van der Waals surface area contributed by atoms with E-state index in [1.54, 1.807) is 12.3 Å². The Balaban J connectivity index is 1.60. The molecule has 1 aromatic carbocycles. The Morgan fingerprint density at radius 1 is 1.27 bits per heavy atom. The summed E-state index contributed by atoms with van der Waals surface area (Å²) < 4.78 is 0. The minimum absolute atomic E-state index is 0.0496. The Morgan fingerprint density at radius 3 is 2.73 bits per heavy atom. The summed E-state index contributed by atoms with van der Waals surface area (Å²) in [5.41, 5.74) is 2.14. The Kier molecular flexibility index (Phi) is 3.96. The van der Waals surface area contributed by atoms with Gasteiger partial charge in [0.2, 0.25) is 0 Å². The van der Waals surface area contributed by atoms with E-state index < -0.39 is 0 Å². The fourth-order valence-electron chi connectivity index (χ4n) is 2.74. The minimum Gasteiger partial charge on any atom is -0.369 e. The highest BCUT2D eigenvalue weighted by Crippen LogP contribution is 2.19. The fraction of sp³-hybridized carbons (Fsp3) is 0.294. The number of rotatable bonds is 4. The molecule has 0 aliphatic carbocycles. The molecular formula is C17H19N3O2. The summed E-state index contributed by atoms with van der Waals surface area (Å²) in [6.45, 7) is 3.22. The lowest BCUT2D eigenvalue weighted by Gasteiger charge is -2.18. The lowest BCUT2D eigenvalue weighted by Crippen LogP contribution is -2.37. The van der Waals surface area contributed by atoms with E-state index in [-0.39, 0.29) is 17.7 Å². The molecule has 2 aromatic rings. The summed E-state index contributed by atoms with van der Waals surface area (Å²) in [7, 11) is 0.